The Morgan fingerprint density at radius 2 is 1.81 bits per heavy atom. The monoisotopic (exact) mass is 541 g/mol. The van der Waals surface area contributed by atoms with E-state index in [1.54, 1.807) is 0 Å². The van der Waals surface area contributed by atoms with Gasteiger partial charge in [-0.05, 0) is 67.8 Å². The third-order valence-corrected chi connectivity index (χ3v) is 8.06. The van der Waals surface area contributed by atoms with Crippen LogP contribution in [0.5, 0.6) is 0 Å². The zero-order chi connectivity index (χ0) is 27.2. The molecule has 0 spiro atoms. The zero-order valence-corrected chi connectivity index (χ0v) is 20.8. The molecule has 0 saturated carbocycles. The average Bonchev–Trinajstić information content (AvgIpc) is 3.51. The number of hydrogen-bond donors (Lipinski definition) is 3. The van der Waals surface area contributed by atoms with Gasteiger partial charge in [-0.1, -0.05) is 18.2 Å². The number of ether oxygens (including phenoxy) is 1. The Bertz CT molecular complexity index is 1310. The number of rotatable bonds is 6. The Balaban J connectivity index is 1.63. The number of carbonyl (C=O) groups is 2. The van der Waals surface area contributed by atoms with Crippen LogP contribution in [0.2, 0.25) is 0 Å². The third-order valence-electron chi connectivity index (χ3n) is 6.64. The fourth-order valence-electron chi connectivity index (χ4n) is 4.41. The highest BCUT2D eigenvalue weighted by Crippen LogP contribution is 2.40. The molecular formula is C24H26F3N3O6S. The van der Waals surface area contributed by atoms with E-state index in [0.29, 0.717) is 37.5 Å². The van der Waals surface area contributed by atoms with Crippen molar-refractivity contribution in [1.82, 2.24) is 9.62 Å². The van der Waals surface area contributed by atoms with Gasteiger partial charge in [0.05, 0.1) is 4.90 Å². The summed E-state index contributed by atoms with van der Waals surface area (Å²) in [7, 11) is -2.50. The second-order valence-electron chi connectivity index (χ2n) is 9.08. The number of nitrogens with one attached hydrogen (secondary N) is 2. The maximum Gasteiger partial charge on any atom is 0.421 e. The molecule has 2 aromatic rings. The summed E-state index contributed by atoms with van der Waals surface area (Å²) in [5.74, 6) is -1.05. The van der Waals surface area contributed by atoms with Crippen LogP contribution >= 0.6 is 0 Å². The zero-order valence-electron chi connectivity index (χ0n) is 20.0. The van der Waals surface area contributed by atoms with Crippen LogP contribution in [0.25, 0.3) is 0 Å². The first kappa shape index (κ1) is 27.0. The lowest BCUT2D eigenvalue weighted by Gasteiger charge is -2.27. The Labute approximate surface area is 211 Å². The first-order valence-corrected chi connectivity index (χ1v) is 12.9. The summed E-state index contributed by atoms with van der Waals surface area (Å²) in [5, 5.41) is 12.5. The van der Waals surface area contributed by atoms with Crippen LogP contribution < -0.4 is 10.0 Å². The smallest absolute Gasteiger partial charge is 0.376 e. The maximum atomic E-state index is 13.4. The van der Waals surface area contributed by atoms with Crippen LogP contribution in [-0.4, -0.2) is 56.2 Å². The number of alkyl halides is 3. The lowest BCUT2D eigenvalue weighted by atomic mass is 9.95. The Kier molecular flexibility index (Phi) is 7.10. The molecular weight excluding hydrogens is 515 g/mol. The van der Waals surface area contributed by atoms with Crippen LogP contribution in [0.15, 0.2) is 47.4 Å². The summed E-state index contributed by atoms with van der Waals surface area (Å²) in [6, 6.07) is 7.63. The quantitative estimate of drug-likeness (QED) is 0.516. The molecule has 0 radical (unpaired) electrons. The number of halogens is 3. The van der Waals surface area contributed by atoms with Crippen molar-refractivity contribution in [3.8, 4) is 0 Å². The minimum absolute atomic E-state index is 0.0213. The van der Waals surface area contributed by atoms with Gasteiger partial charge in [0.2, 0.25) is 10.0 Å². The number of nitrogens with zero attached hydrogens (tertiary/aromatic N) is 1. The van der Waals surface area contributed by atoms with Crippen LogP contribution in [-0.2, 0) is 36.5 Å². The molecule has 0 bridgehead atoms. The van der Waals surface area contributed by atoms with Gasteiger partial charge >= 0.3 is 6.18 Å². The number of carbonyl (C=O) groups excluding carboxylic acids is 2. The molecule has 4 rings (SSSR count). The maximum absolute atomic E-state index is 13.4. The van der Waals surface area contributed by atoms with Crippen molar-refractivity contribution in [3.63, 3.8) is 0 Å². The first-order chi connectivity index (χ1) is 17.3. The molecule has 3 atom stereocenters. The largest absolute Gasteiger partial charge is 0.421 e. The van der Waals surface area contributed by atoms with Crippen molar-refractivity contribution in [2.24, 2.45) is 0 Å². The standard InChI is InChI=1S/C24H26F3N3O6S/c1-23(33,24(25,26)27)15-5-7-16(8-6-15)29-21(31)20-18-10-9-17(37(34,35)28-2)12-14(18)13-30(20)22(32)19-4-3-11-36-19/h5-10,12,19-20,28,33H,3-4,11,13H2,1-2H3,(H,29,31). The molecule has 3 N–H and O–H groups in total. The summed E-state index contributed by atoms with van der Waals surface area (Å²) in [6.07, 6.45) is -4.45. The summed E-state index contributed by atoms with van der Waals surface area (Å²) in [5.41, 5.74) is -2.43. The lowest BCUT2D eigenvalue weighted by molar-refractivity contribution is -0.258. The van der Waals surface area contributed by atoms with Crippen LogP contribution in [0.3, 0.4) is 0 Å². The van der Waals surface area contributed by atoms with Crippen molar-refractivity contribution >= 4 is 27.5 Å². The number of sulfonamides is 1. The Morgan fingerprint density at radius 1 is 1.14 bits per heavy atom. The van der Waals surface area contributed by atoms with Crippen molar-refractivity contribution in [2.45, 2.75) is 55.1 Å². The highest BCUT2D eigenvalue weighted by atomic mass is 32.2. The minimum Gasteiger partial charge on any atom is -0.376 e. The topological polar surface area (TPSA) is 125 Å². The highest BCUT2D eigenvalue weighted by molar-refractivity contribution is 7.89. The normalized spacial score (nSPS) is 21.4. The van der Waals surface area contributed by atoms with Gasteiger partial charge in [-0.25, -0.2) is 13.1 Å². The number of aliphatic hydroxyl groups is 1. The Morgan fingerprint density at radius 3 is 2.38 bits per heavy atom. The van der Waals surface area contributed by atoms with E-state index in [0.717, 1.165) is 12.1 Å². The highest BCUT2D eigenvalue weighted by Gasteiger charge is 2.51. The molecule has 1 saturated heterocycles. The van der Waals surface area contributed by atoms with E-state index in [1.165, 1.54) is 42.3 Å². The minimum atomic E-state index is -4.89. The molecule has 0 aromatic heterocycles. The Hall–Kier alpha value is -3.00. The molecule has 2 amide bonds. The van der Waals surface area contributed by atoms with Crippen molar-refractivity contribution in [3.05, 3.63) is 59.2 Å². The molecule has 9 nitrogen and oxygen atoms in total. The SMILES string of the molecule is CNS(=O)(=O)c1ccc2c(c1)CN(C(=O)C1CCCO1)C2C(=O)Nc1ccc(C(C)(O)C(F)(F)F)cc1. The molecule has 37 heavy (non-hydrogen) atoms. The summed E-state index contributed by atoms with van der Waals surface area (Å²) in [4.78, 5) is 27.9. The van der Waals surface area contributed by atoms with E-state index in [-0.39, 0.29) is 17.1 Å². The van der Waals surface area contributed by atoms with E-state index in [2.05, 4.69) is 10.0 Å². The molecule has 1 fully saturated rings. The third kappa shape index (κ3) is 5.08. The average molecular weight is 542 g/mol. The molecule has 3 unspecified atom stereocenters. The van der Waals surface area contributed by atoms with Gasteiger partial charge in [-0.3, -0.25) is 9.59 Å². The molecule has 200 valence electrons. The number of anilines is 1. The predicted molar refractivity (Wildman–Crippen MR) is 126 cm³/mol. The van der Waals surface area contributed by atoms with Gasteiger partial charge in [0, 0.05) is 18.8 Å². The fraction of sp³-hybridized carbons (Fsp3) is 0.417. The van der Waals surface area contributed by atoms with Gasteiger partial charge in [-0.2, -0.15) is 13.2 Å². The van der Waals surface area contributed by atoms with Crippen molar-refractivity contribution in [1.29, 1.82) is 0 Å². The number of fused-ring (bicyclic) bond motifs is 1. The van der Waals surface area contributed by atoms with Gasteiger partial charge in [0.1, 0.15) is 12.1 Å². The van der Waals surface area contributed by atoms with E-state index >= 15 is 0 Å². The van der Waals surface area contributed by atoms with Crippen molar-refractivity contribution < 1.29 is 41.0 Å². The summed E-state index contributed by atoms with van der Waals surface area (Å²) < 4.78 is 71.7. The van der Waals surface area contributed by atoms with E-state index in [4.69, 9.17) is 4.74 Å². The van der Waals surface area contributed by atoms with Crippen molar-refractivity contribution in [2.75, 3.05) is 19.0 Å². The molecule has 2 aromatic carbocycles. The molecule has 2 heterocycles. The molecule has 0 aliphatic carbocycles. The lowest BCUT2D eigenvalue weighted by Crippen LogP contribution is -2.42. The second kappa shape index (κ2) is 9.71. The molecule has 13 heteroatoms. The van der Waals surface area contributed by atoms with Gasteiger partial charge < -0.3 is 20.1 Å². The molecule has 2 aliphatic rings. The van der Waals surface area contributed by atoms with E-state index in [9.17, 15) is 36.3 Å². The number of benzene rings is 2. The second-order valence-corrected chi connectivity index (χ2v) is 11.0. The fourth-order valence-corrected chi connectivity index (χ4v) is 5.19. The summed E-state index contributed by atoms with van der Waals surface area (Å²) >= 11 is 0. The first-order valence-electron chi connectivity index (χ1n) is 11.5. The van der Waals surface area contributed by atoms with Gasteiger partial charge in [0.25, 0.3) is 11.8 Å². The number of amides is 2. The van der Waals surface area contributed by atoms with E-state index < -0.39 is 51.3 Å². The van der Waals surface area contributed by atoms with Crippen LogP contribution in [0.4, 0.5) is 18.9 Å². The van der Waals surface area contributed by atoms with Crippen LogP contribution in [0, 0.1) is 0 Å². The predicted octanol–water partition coefficient (Wildman–Crippen LogP) is 2.57. The molecule has 2 aliphatic heterocycles. The van der Waals surface area contributed by atoms with Crippen LogP contribution in [0.1, 0.15) is 42.5 Å². The number of hydrogen-bond acceptors (Lipinski definition) is 6. The van der Waals surface area contributed by atoms with E-state index in [1.807, 2.05) is 0 Å². The van der Waals surface area contributed by atoms with Gasteiger partial charge in [0.15, 0.2) is 5.60 Å². The van der Waals surface area contributed by atoms with Gasteiger partial charge in [-0.15, -0.1) is 0 Å². The summed E-state index contributed by atoms with van der Waals surface area (Å²) in [6.45, 7) is 1.02.